The minimum absolute atomic E-state index is 0.0238. The van der Waals surface area contributed by atoms with E-state index >= 15 is 0 Å². The zero-order chi connectivity index (χ0) is 14.9. The van der Waals surface area contributed by atoms with E-state index in [2.05, 4.69) is 4.98 Å². The minimum atomic E-state index is -3.64. The molecule has 0 amide bonds. The Hall–Kier alpha value is -0.890. The third-order valence-corrected chi connectivity index (χ3v) is 5.84. The highest BCUT2D eigenvalue weighted by molar-refractivity contribution is 7.89. The number of pyridine rings is 1. The Kier molecular flexibility index (Phi) is 4.53. The monoisotopic (exact) mass is 318 g/mol. The van der Waals surface area contributed by atoms with Gasteiger partial charge >= 0.3 is 0 Å². The Morgan fingerprint density at radius 2 is 2.05 bits per heavy atom. The summed E-state index contributed by atoms with van der Waals surface area (Å²) in [5.74, 6) is 0.333. The van der Waals surface area contributed by atoms with Crippen molar-refractivity contribution in [3.63, 3.8) is 0 Å². The number of piperidine rings is 1. The molecule has 6 nitrogen and oxygen atoms in total. The number of nitrogens with two attached hydrogens (primary N) is 2. The number of hydrogen-bond donors (Lipinski definition) is 2. The van der Waals surface area contributed by atoms with Crippen molar-refractivity contribution >= 4 is 27.4 Å². The van der Waals surface area contributed by atoms with Crippen molar-refractivity contribution in [1.82, 2.24) is 9.29 Å². The summed E-state index contributed by atoms with van der Waals surface area (Å²) >= 11 is 5.81. The average Bonchev–Trinajstić information content (AvgIpc) is 2.41. The van der Waals surface area contributed by atoms with Crippen molar-refractivity contribution in [3.05, 3.63) is 17.3 Å². The second-order valence-electron chi connectivity index (χ2n) is 5.14. The minimum Gasteiger partial charge on any atom is -0.383 e. The SMILES string of the molecule is CC(N)C1CCN(S(=O)(=O)c2cc(Cl)cnc2N)CC1. The van der Waals surface area contributed by atoms with Crippen molar-refractivity contribution in [2.75, 3.05) is 18.8 Å². The summed E-state index contributed by atoms with van der Waals surface area (Å²) in [4.78, 5) is 3.78. The van der Waals surface area contributed by atoms with Gasteiger partial charge in [-0.25, -0.2) is 13.4 Å². The highest BCUT2D eigenvalue weighted by Crippen LogP contribution is 2.28. The molecule has 20 heavy (non-hydrogen) atoms. The molecule has 1 saturated heterocycles. The number of anilines is 1. The van der Waals surface area contributed by atoms with Crippen LogP contribution in [-0.4, -0.2) is 36.8 Å². The molecule has 1 aromatic rings. The summed E-state index contributed by atoms with van der Waals surface area (Å²) in [6.45, 7) is 2.84. The number of halogens is 1. The van der Waals surface area contributed by atoms with Gasteiger partial charge in [-0.2, -0.15) is 4.31 Å². The van der Waals surface area contributed by atoms with Crippen molar-refractivity contribution in [1.29, 1.82) is 0 Å². The first-order chi connectivity index (χ1) is 9.32. The first-order valence-electron chi connectivity index (χ1n) is 6.49. The van der Waals surface area contributed by atoms with E-state index in [1.54, 1.807) is 0 Å². The van der Waals surface area contributed by atoms with Gasteiger partial charge in [0, 0.05) is 25.3 Å². The molecule has 112 valence electrons. The summed E-state index contributed by atoms with van der Waals surface area (Å²) in [5, 5.41) is 0.253. The highest BCUT2D eigenvalue weighted by Gasteiger charge is 2.32. The van der Waals surface area contributed by atoms with Crippen molar-refractivity contribution < 1.29 is 8.42 Å². The van der Waals surface area contributed by atoms with Crippen LogP contribution in [0.2, 0.25) is 5.02 Å². The number of rotatable bonds is 3. The fourth-order valence-electron chi connectivity index (χ4n) is 2.42. The van der Waals surface area contributed by atoms with E-state index in [1.807, 2.05) is 6.92 Å². The molecule has 0 aromatic carbocycles. The van der Waals surface area contributed by atoms with Gasteiger partial charge in [-0.1, -0.05) is 11.6 Å². The number of nitrogen functional groups attached to an aromatic ring is 1. The molecule has 1 aromatic heterocycles. The van der Waals surface area contributed by atoms with Crippen LogP contribution in [0.15, 0.2) is 17.2 Å². The summed E-state index contributed by atoms with van der Waals surface area (Å²) in [5.41, 5.74) is 11.5. The first-order valence-corrected chi connectivity index (χ1v) is 8.31. The van der Waals surface area contributed by atoms with Crippen LogP contribution >= 0.6 is 11.6 Å². The lowest BCUT2D eigenvalue weighted by Gasteiger charge is -2.33. The molecule has 1 unspecified atom stereocenters. The standard InChI is InChI=1S/C12H19ClN4O2S/c1-8(14)9-2-4-17(5-3-9)20(18,19)11-6-10(13)7-16-12(11)15/h6-9H,2-5,14H2,1H3,(H2,15,16). The van der Waals surface area contributed by atoms with Crippen LogP contribution in [-0.2, 0) is 10.0 Å². The van der Waals surface area contributed by atoms with Crippen LogP contribution in [0.4, 0.5) is 5.82 Å². The Balaban J connectivity index is 2.22. The molecule has 1 fully saturated rings. The van der Waals surface area contributed by atoms with Gasteiger partial charge in [0.05, 0.1) is 5.02 Å². The maximum atomic E-state index is 12.6. The quantitative estimate of drug-likeness (QED) is 0.867. The Labute approximate surface area is 124 Å². The zero-order valence-corrected chi connectivity index (χ0v) is 12.9. The van der Waals surface area contributed by atoms with Crippen LogP contribution in [0, 0.1) is 5.92 Å². The van der Waals surface area contributed by atoms with E-state index in [0.717, 1.165) is 12.8 Å². The van der Waals surface area contributed by atoms with Crippen LogP contribution in [0.5, 0.6) is 0 Å². The Morgan fingerprint density at radius 3 is 2.60 bits per heavy atom. The summed E-state index contributed by atoms with van der Waals surface area (Å²) in [6, 6.07) is 1.43. The fourth-order valence-corrected chi connectivity index (χ4v) is 4.20. The summed E-state index contributed by atoms with van der Waals surface area (Å²) in [7, 11) is -3.64. The van der Waals surface area contributed by atoms with Gasteiger partial charge in [0.25, 0.3) is 0 Å². The van der Waals surface area contributed by atoms with Gasteiger partial charge in [-0.15, -0.1) is 0 Å². The van der Waals surface area contributed by atoms with Crippen LogP contribution < -0.4 is 11.5 Å². The molecule has 1 aliphatic rings. The van der Waals surface area contributed by atoms with Gasteiger partial charge in [0.15, 0.2) is 0 Å². The number of sulfonamides is 1. The molecular weight excluding hydrogens is 300 g/mol. The molecule has 4 N–H and O–H groups in total. The Bertz CT molecular complexity index is 583. The van der Waals surface area contributed by atoms with Crippen molar-refractivity contribution in [3.8, 4) is 0 Å². The van der Waals surface area contributed by atoms with Crippen molar-refractivity contribution in [2.24, 2.45) is 11.7 Å². The van der Waals surface area contributed by atoms with E-state index < -0.39 is 10.0 Å². The predicted octanol–water partition coefficient (Wildman–Crippen LogP) is 1.07. The summed E-state index contributed by atoms with van der Waals surface area (Å²) < 4.78 is 26.5. The number of aromatic nitrogens is 1. The molecule has 0 spiro atoms. The molecule has 1 atom stereocenters. The molecule has 2 heterocycles. The van der Waals surface area contributed by atoms with E-state index in [1.165, 1.54) is 16.6 Å². The molecule has 2 rings (SSSR count). The molecule has 1 aliphatic heterocycles. The third kappa shape index (κ3) is 3.06. The number of nitrogens with zero attached hydrogens (tertiary/aromatic N) is 2. The third-order valence-electron chi connectivity index (χ3n) is 3.71. The van der Waals surface area contributed by atoms with E-state index in [9.17, 15) is 8.42 Å². The molecule has 0 radical (unpaired) electrons. The predicted molar refractivity (Wildman–Crippen MR) is 78.8 cm³/mol. The molecule has 8 heteroatoms. The van der Waals surface area contributed by atoms with E-state index in [4.69, 9.17) is 23.1 Å². The van der Waals surface area contributed by atoms with Gasteiger partial charge < -0.3 is 11.5 Å². The lowest BCUT2D eigenvalue weighted by atomic mass is 9.92. The van der Waals surface area contributed by atoms with Crippen LogP contribution in [0.1, 0.15) is 19.8 Å². The molecule has 0 bridgehead atoms. The van der Waals surface area contributed by atoms with Gasteiger partial charge in [0.2, 0.25) is 10.0 Å². The van der Waals surface area contributed by atoms with Crippen molar-refractivity contribution in [2.45, 2.75) is 30.7 Å². The Morgan fingerprint density at radius 1 is 1.45 bits per heavy atom. The normalized spacial score (nSPS) is 19.9. The average molecular weight is 319 g/mol. The van der Waals surface area contributed by atoms with Gasteiger partial charge in [0.1, 0.15) is 10.7 Å². The maximum Gasteiger partial charge on any atom is 0.246 e. The van der Waals surface area contributed by atoms with Gasteiger partial charge in [-0.05, 0) is 31.7 Å². The maximum absolute atomic E-state index is 12.6. The molecule has 0 saturated carbocycles. The summed E-state index contributed by atoms with van der Waals surface area (Å²) in [6.07, 6.45) is 2.84. The van der Waals surface area contributed by atoms with E-state index in [0.29, 0.717) is 19.0 Å². The lowest BCUT2D eigenvalue weighted by molar-refractivity contribution is 0.251. The second kappa shape index (κ2) is 5.85. The van der Waals surface area contributed by atoms with E-state index in [-0.39, 0.29) is 21.8 Å². The lowest BCUT2D eigenvalue weighted by Crippen LogP contribution is -2.42. The van der Waals surface area contributed by atoms with Crippen LogP contribution in [0.25, 0.3) is 0 Å². The first kappa shape index (κ1) is 15.5. The molecular formula is C12H19ClN4O2S. The molecule has 0 aliphatic carbocycles. The smallest absolute Gasteiger partial charge is 0.246 e. The highest BCUT2D eigenvalue weighted by atomic mass is 35.5. The zero-order valence-electron chi connectivity index (χ0n) is 11.3. The van der Waals surface area contributed by atoms with Gasteiger partial charge in [-0.3, -0.25) is 0 Å². The topological polar surface area (TPSA) is 102 Å². The number of hydrogen-bond acceptors (Lipinski definition) is 5. The fraction of sp³-hybridized carbons (Fsp3) is 0.583. The second-order valence-corrected chi connectivity index (χ2v) is 7.48. The largest absolute Gasteiger partial charge is 0.383 e. The van der Waals surface area contributed by atoms with Crippen LogP contribution in [0.3, 0.4) is 0 Å².